The zero-order valence-corrected chi connectivity index (χ0v) is 11.4. The molecule has 0 spiro atoms. The van der Waals surface area contributed by atoms with Crippen molar-refractivity contribution in [2.24, 2.45) is 0 Å². The molecule has 104 valence electrons. The quantitative estimate of drug-likeness (QED) is 0.544. The Bertz CT molecular complexity index is 768. The summed E-state index contributed by atoms with van der Waals surface area (Å²) < 4.78 is 6.66. The molecular formula is C16H13N3O2. The Kier molecular flexibility index (Phi) is 3.47. The van der Waals surface area contributed by atoms with Gasteiger partial charge in [-0.15, -0.1) is 5.10 Å². The van der Waals surface area contributed by atoms with Crippen LogP contribution in [0.3, 0.4) is 0 Å². The van der Waals surface area contributed by atoms with Crippen LogP contribution in [0.4, 0.5) is 0 Å². The van der Waals surface area contributed by atoms with Gasteiger partial charge in [0.25, 0.3) is 0 Å². The number of hydrogen-bond donors (Lipinski definition) is 0. The Morgan fingerprint density at radius 1 is 1.24 bits per heavy atom. The van der Waals surface area contributed by atoms with E-state index in [4.69, 9.17) is 4.42 Å². The molecular weight excluding hydrogens is 266 g/mol. The number of benzene rings is 1. The van der Waals surface area contributed by atoms with Crippen molar-refractivity contribution >= 4 is 11.9 Å². The van der Waals surface area contributed by atoms with E-state index in [2.05, 4.69) is 10.3 Å². The largest absolute Gasteiger partial charge is 0.472 e. The van der Waals surface area contributed by atoms with Gasteiger partial charge in [-0.05, 0) is 49.4 Å². The fraction of sp³-hybridized carbons (Fsp3) is 0.0625. The van der Waals surface area contributed by atoms with Crippen molar-refractivity contribution < 1.29 is 9.21 Å². The molecule has 0 N–H and O–H groups in total. The summed E-state index contributed by atoms with van der Waals surface area (Å²) in [5, 5.41) is 7.83. The van der Waals surface area contributed by atoms with Crippen LogP contribution in [0.15, 0.2) is 59.5 Å². The second-order valence-corrected chi connectivity index (χ2v) is 4.59. The zero-order chi connectivity index (χ0) is 14.7. The molecule has 0 aliphatic carbocycles. The first-order valence-corrected chi connectivity index (χ1v) is 6.46. The second kappa shape index (κ2) is 5.58. The van der Waals surface area contributed by atoms with Gasteiger partial charge in [-0.3, -0.25) is 4.79 Å². The monoisotopic (exact) mass is 279 g/mol. The summed E-state index contributed by atoms with van der Waals surface area (Å²) in [5.41, 5.74) is 3.30. The second-order valence-electron chi connectivity index (χ2n) is 4.59. The molecule has 0 saturated carbocycles. The van der Waals surface area contributed by atoms with E-state index in [1.807, 2.05) is 19.1 Å². The molecule has 2 heterocycles. The normalized spacial score (nSPS) is 11.1. The molecule has 0 atom stereocenters. The molecule has 0 radical (unpaired) electrons. The van der Waals surface area contributed by atoms with Gasteiger partial charge in [0.1, 0.15) is 0 Å². The van der Waals surface area contributed by atoms with Crippen LogP contribution in [-0.4, -0.2) is 20.8 Å². The molecule has 0 aliphatic heterocycles. The number of nitrogens with zero attached hydrogens (tertiary/aromatic N) is 3. The molecule has 0 unspecified atom stereocenters. The summed E-state index contributed by atoms with van der Waals surface area (Å²) in [6.07, 6.45) is 8.09. The summed E-state index contributed by atoms with van der Waals surface area (Å²) in [6, 6.07) is 9.04. The molecule has 0 saturated heterocycles. The van der Waals surface area contributed by atoms with Gasteiger partial charge >= 0.3 is 0 Å². The van der Waals surface area contributed by atoms with Crippen LogP contribution in [0.2, 0.25) is 0 Å². The predicted molar refractivity (Wildman–Crippen MR) is 78.2 cm³/mol. The van der Waals surface area contributed by atoms with Gasteiger partial charge in [0.2, 0.25) is 0 Å². The van der Waals surface area contributed by atoms with E-state index in [-0.39, 0.29) is 5.78 Å². The predicted octanol–water partition coefficient (Wildman–Crippen LogP) is 3.06. The maximum Gasteiger partial charge on any atom is 0.185 e. The molecule has 0 amide bonds. The molecule has 3 rings (SSSR count). The number of rotatable bonds is 4. The summed E-state index contributed by atoms with van der Waals surface area (Å²) in [4.78, 5) is 12.1. The fourth-order valence-corrected chi connectivity index (χ4v) is 1.95. The number of allylic oxidation sites excluding steroid dienone is 1. The number of ketones is 1. The smallest absolute Gasteiger partial charge is 0.185 e. The van der Waals surface area contributed by atoms with Gasteiger partial charge in [-0.25, -0.2) is 4.68 Å². The van der Waals surface area contributed by atoms with Crippen LogP contribution >= 0.6 is 0 Å². The highest BCUT2D eigenvalue weighted by Crippen LogP contribution is 2.12. The van der Waals surface area contributed by atoms with Crippen molar-refractivity contribution in [1.82, 2.24) is 15.0 Å². The van der Waals surface area contributed by atoms with Crippen molar-refractivity contribution in [2.75, 3.05) is 0 Å². The molecule has 0 fully saturated rings. The molecule has 3 aromatic rings. The molecule has 21 heavy (non-hydrogen) atoms. The maximum absolute atomic E-state index is 12.1. The average Bonchev–Trinajstić information content (AvgIpc) is 3.16. The van der Waals surface area contributed by atoms with Gasteiger partial charge in [0.15, 0.2) is 5.78 Å². The van der Waals surface area contributed by atoms with Crippen molar-refractivity contribution in [2.45, 2.75) is 6.92 Å². The first-order chi connectivity index (χ1) is 10.2. The summed E-state index contributed by atoms with van der Waals surface area (Å²) in [6.45, 7) is 1.92. The third-order valence-corrected chi connectivity index (χ3v) is 3.09. The van der Waals surface area contributed by atoms with Crippen LogP contribution in [-0.2, 0) is 0 Å². The lowest BCUT2D eigenvalue weighted by atomic mass is 10.1. The zero-order valence-electron chi connectivity index (χ0n) is 11.4. The molecule has 5 nitrogen and oxygen atoms in total. The standard InChI is InChI=1S/C16H13N3O2/c1-12-10-17-18-19(12)15-5-3-14(4-6-15)16(20)7-2-13-8-9-21-11-13/h2-11H,1H3/b7-2-. The van der Waals surface area contributed by atoms with Gasteiger partial charge in [-0.1, -0.05) is 5.21 Å². The minimum Gasteiger partial charge on any atom is -0.472 e. The summed E-state index contributed by atoms with van der Waals surface area (Å²) in [7, 11) is 0. The number of aryl methyl sites for hydroxylation is 1. The fourth-order valence-electron chi connectivity index (χ4n) is 1.95. The summed E-state index contributed by atoms with van der Waals surface area (Å²) >= 11 is 0. The molecule has 5 heteroatoms. The Hall–Kier alpha value is -2.95. The van der Waals surface area contributed by atoms with Crippen LogP contribution in [0.1, 0.15) is 21.6 Å². The number of furan rings is 1. The Balaban J connectivity index is 1.78. The Morgan fingerprint density at radius 3 is 2.67 bits per heavy atom. The third-order valence-electron chi connectivity index (χ3n) is 3.09. The highest BCUT2D eigenvalue weighted by molar-refractivity contribution is 6.06. The highest BCUT2D eigenvalue weighted by Gasteiger charge is 2.05. The van der Waals surface area contributed by atoms with E-state index in [1.54, 1.807) is 47.7 Å². The lowest BCUT2D eigenvalue weighted by molar-refractivity contribution is 0.104. The number of hydrogen-bond acceptors (Lipinski definition) is 4. The lowest BCUT2D eigenvalue weighted by Gasteiger charge is -2.03. The van der Waals surface area contributed by atoms with Crippen molar-refractivity contribution in [3.8, 4) is 5.69 Å². The van der Waals surface area contributed by atoms with Crippen LogP contribution < -0.4 is 0 Å². The third kappa shape index (κ3) is 2.81. The number of carbonyl (C=O) groups is 1. The van der Waals surface area contributed by atoms with E-state index in [0.29, 0.717) is 5.56 Å². The minimum absolute atomic E-state index is 0.0573. The van der Waals surface area contributed by atoms with Gasteiger partial charge in [0.05, 0.1) is 30.1 Å². The number of aromatic nitrogens is 3. The average molecular weight is 279 g/mol. The first kappa shape index (κ1) is 13.1. The van der Waals surface area contributed by atoms with Crippen LogP contribution in [0.25, 0.3) is 11.8 Å². The van der Waals surface area contributed by atoms with E-state index < -0.39 is 0 Å². The highest BCUT2D eigenvalue weighted by atomic mass is 16.3. The minimum atomic E-state index is -0.0573. The van der Waals surface area contributed by atoms with Crippen LogP contribution in [0, 0.1) is 6.92 Å². The Morgan fingerprint density at radius 2 is 2.05 bits per heavy atom. The molecule has 1 aromatic carbocycles. The summed E-state index contributed by atoms with van der Waals surface area (Å²) in [5.74, 6) is -0.0573. The maximum atomic E-state index is 12.1. The Labute approximate surface area is 121 Å². The van der Waals surface area contributed by atoms with Crippen LogP contribution in [0.5, 0.6) is 0 Å². The van der Waals surface area contributed by atoms with Crippen molar-refractivity contribution in [1.29, 1.82) is 0 Å². The van der Waals surface area contributed by atoms with Crippen molar-refractivity contribution in [3.63, 3.8) is 0 Å². The molecule has 0 aliphatic rings. The lowest BCUT2D eigenvalue weighted by Crippen LogP contribution is -2.00. The van der Waals surface area contributed by atoms with Crippen molar-refractivity contribution in [3.05, 3.63) is 72.0 Å². The topological polar surface area (TPSA) is 60.9 Å². The van der Waals surface area contributed by atoms with E-state index in [9.17, 15) is 4.79 Å². The SMILES string of the molecule is Cc1cnnn1-c1ccc(C(=O)/C=C\c2ccoc2)cc1. The van der Waals surface area contributed by atoms with E-state index in [1.165, 1.54) is 6.08 Å². The molecule has 2 aromatic heterocycles. The van der Waals surface area contributed by atoms with E-state index >= 15 is 0 Å². The van der Waals surface area contributed by atoms with Gasteiger partial charge < -0.3 is 4.42 Å². The number of carbonyl (C=O) groups excluding carboxylic acids is 1. The van der Waals surface area contributed by atoms with Gasteiger partial charge in [0, 0.05) is 11.1 Å². The molecule has 0 bridgehead atoms. The first-order valence-electron chi connectivity index (χ1n) is 6.46. The van der Waals surface area contributed by atoms with E-state index in [0.717, 1.165) is 16.9 Å². The van der Waals surface area contributed by atoms with Gasteiger partial charge in [-0.2, -0.15) is 0 Å².